The van der Waals surface area contributed by atoms with E-state index in [9.17, 15) is 8.42 Å². The van der Waals surface area contributed by atoms with Gasteiger partial charge in [-0.2, -0.15) is 0 Å². The van der Waals surface area contributed by atoms with E-state index in [-0.39, 0.29) is 0 Å². The number of nitrogens with one attached hydrogen (secondary N) is 2. The van der Waals surface area contributed by atoms with Crippen LogP contribution in [0.25, 0.3) is 22.1 Å². The number of nitrogens with zero attached hydrogens (tertiary/aromatic N) is 4. The second kappa shape index (κ2) is 6.21. The van der Waals surface area contributed by atoms with E-state index in [4.69, 9.17) is 5.73 Å². The van der Waals surface area contributed by atoms with E-state index in [1.54, 1.807) is 12.3 Å². The maximum Gasteiger partial charge on any atom is 0.208 e. The van der Waals surface area contributed by atoms with Crippen molar-refractivity contribution in [3.63, 3.8) is 0 Å². The lowest BCUT2D eigenvalue weighted by Crippen LogP contribution is -2.26. The largest absolute Gasteiger partial charge is 0.382 e. The summed E-state index contributed by atoms with van der Waals surface area (Å²) in [4.78, 5) is 13.2. The second-order valence-corrected chi connectivity index (χ2v) is 7.32. The molecule has 0 aliphatic heterocycles. The fourth-order valence-electron chi connectivity index (χ4n) is 2.51. The van der Waals surface area contributed by atoms with Gasteiger partial charge in [0, 0.05) is 19.3 Å². The molecule has 0 spiro atoms. The summed E-state index contributed by atoms with van der Waals surface area (Å²) in [7, 11) is -3.17. The maximum atomic E-state index is 11.1. The lowest BCUT2D eigenvalue weighted by Gasteiger charge is -2.11. The van der Waals surface area contributed by atoms with Crippen LogP contribution in [0.1, 0.15) is 12.2 Å². The molecular weight excluding hydrogens is 330 g/mol. The minimum atomic E-state index is -3.17. The Bertz CT molecular complexity index is 997. The highest BCUT2D eigenvalue weighted by Crippen LogP contribution is 2.26. The molecule has 0 unspecified atom stereocenters. The van der Waals surface area contributed by atoms with Crippen molar-refractivity contribution in [1.29, 1.82) is 0 Å². The molecule has 3 aromatic rings. The lowest BCUT2D eigenvalue weighted by atomic mass is 10.3. The number of imidazole rings is 1. The number of pyridine rings is 2. The van der Waals surface area contributed by atoms with Crippen molar-refractivity contribution in [2.45, 2.75) is 13.3 Å². The van der Waals surface area contributed by atoms with Crippen LogP contribution in [-0.4, -0.2) is 47.4 Å². The van der Waals surface area contributed by atoms with Crippen molar-refractivity contribution in [2.24, 2.45) is 0 Å². The van der Waals surface area contributed by atoms with Gasteiger partial charge in [0.2, 0.25) is 10.0 Å². The second-order valence-electron chi connectivity index (χ2n) is 5.49. The van der Waals surface area contributed by atoms with Crippen molar-refractivity contribution in [2.75, 3.05) is 30.5 Å². The highest BCUT2D eigenvalue weighted by atomic mass is 32.2. The number of aromatic nitrogens is 4. The van der Waals surface area contributed by atoms with E-state index in [0.29, 0.717) is 41.9 Å². The molecular formula is C14H19N7O2S. The van der Waals surface area contributed by atoms with Gasteiger partial charge in [-0.1, -0.05) is 0 Å². The summed E-state index contributed by atoms with van der Waals surface area (Å²) in [6.07, 6.45) is 3.46. The Kier molecular flexibility index (Phi) is 4.24. The smallest absolute Gasteiger partial charge is 0.208 e. The van der Waals surface area contributed by atoms with E-state index >= 15 is 0 Å². The molecule has 128 valence electrons. The Morgan fingerprint density at radius 2 is 2.04 bits per heavy atom. The number of fused-ring (bicyclic) bond motifs is 3. The highest BCUT2D eigenvalue weighted by Gasteiger charge is 2.15. The van der Waals surface area contributed by atoms with Crippen LogP contribution in [0.4, 0.5) is 5.82 Å². The van der Waals surface area contributed by atoms with Crippen LogP contribution in [0.3, 0.4) is 0 Å². The molecule has 3 heterocycles. The monoisotopic (exact) mass is 349 g/mol. The number of aryl methyl sites for hydroxylation is 1. The molecule has 0 saturated carbocycles. The average Bonchev–Trinajstić information content (AvgIpc) is 2.84. The Balaban J connectivity index is 1.89. The van der Waals surface area contributed by atoms with Crippen molar-refractivity contribution in [3.05, 3.63) is 24.2 Å². The van der Waals surface area contributed by atoms with Gasteiger partial charge >= 0.3 is 0 Å². The van der Waals surface area contributed by atoms with Crippen LogP contribution in [0, 0.1) is 6.92 Å². The first-order chi connectivity index (χ1) is 11.4. The molecule has 9 nitrogen and oxygen atoms in total. The quantitative estimate of drug-likeness (QED) is 0.548. The number of nitrogens with two attached hydrogens (primary N) is 1. The summed E-state index contributed by atoms with van der Waals surface area (Å²) >= 11 is 0. The third-order valence-corrected chi connectivity index (χ3v) is 4.26. The third kappa shape index (κ3) is 3.24. The summed E-state index contributed by atoms with van der Waals surface area (Å²) in [6.45, 7) is 2.78. The SMILES string of the molecule is Cc1nc2c(N)nc3cccnc3c2n1NCCCNS(C)(=O)=O. The molecule has 0 bridgehead atoms. The summed E-state index contributed by atoms with van der Waals surface area (Å²) in [5, 5.41) is 0. The first-order valence-electron chi connectivity index (χ1n) is 7.44. The maximum absolute atomic E-state index is 11.1. The van der Waals surface area contributed by atoms with Crippen LogP contribution in [-0.2, 0) is 10.0 Å². The minimum Gasteiger partial charge on any atom is -0.382 e. The van der Waals surface area contributed by atoms with Gasteiger partial charge in [-0.3, -0.25) is 4.98 Å². The van der Waals surface area contributed by atoms with Gasteiger partial charge in [-0.05, 0) is 25.5 Å². The standard InChI is InChI=1S/C14H19N7O2S/c1-9-19-12-13(11-10(20-14(12)15)5-3-6-16-11)21(9)17-7-4-8-18-24(2,22)23/h3,5-6,17-18H,4,7-8H2,1-2H3,(H2,15,20). The number of sulfonamides is 1. The van der Waals surface area contributed by atoms with Crippen LogP contribution in [0.5, 0.6) is 0 Å². The number of hydrogen-bond acceptors (Lipinski definition) is 7. The molecule has 10 heteroatoms. The summed E-state index contributed by atoms with van der Waals surface area (Å²) in [5.74, 6) is 1.08. The molecule has 0 radical (unpaired) electrons. The van der Waals surface area contributed by atoms with Gasteiger partial charge < -0.3 is 11.2 Å². The molecule has 3 aromatic heterocycles. The molecule has 4 N–H and O–H groups in total. The zero-order valence-electron chi connectivity index (χ0n) is 13.4. The van der Waals surface area contributed by atoms with E-state index < -0.39 is 10.0 Å². The van der Waals surface area contributed by atoms with E-state index in [2.05, 4.69) is 25.1 Å². The summed E-state index contributed by atoms with van der Waals surface area (Å²) in [6, 6.07) is 3.65. The van der Waals surface area contributed by atoms with E-state index in [1.807, 2.05) is 17.7 Å². The normalized spacial score (nSPS) is 12.1. The molecule has 0 atom stereocenters. The zero-order chi connectivity index (χ0) is 17.3. The van der Waals surface area contributed by atoms with Gasteiger partial charge in [0.1, 0.15) is 22.4 Å². The van der Waals surface area contributed by atoms with Gasteiger partial charge in [-0.15, -0.1) is 0 Å². The number of nitrogen functional groups attached to an aromatic ring is 1. The third-order valence-electron chi connectivity index (χ3n) is 3.53. The van der Waals surface area contributed by atoms with Gasteiger partial charge in [0.15, 0.2) is 5.82 Å². The van der Waals surface area contributed by atoms with Crippen LogP contribution < -0.4 is 15.9 Å². The van der Waals surface area contributed by atoms with Crippen LogP contribution >= 0.6 is 0 Å². The van der Waals surface area contributed by atoms with Crippen LogP contribution in [0.2, 0.25) is 0 Å². The molecule has 0 fully saturated rings. The summed E-state index contributed by atoms with van der Waals surface area (Å²) in [5.41, 5.74) is 12.0. The Morgan fingerprint density at radius 3 is 2.79 bits per heavy atom. The van der Waals surface area contributed by atoms with Crippen molar-refractivity contribution < 1.29 is 8.42 Å². The predicted molar refractivity (Wildman–Crippen MR) is 93.7 cm³/mol. The first kappa shape index (κ1) is 16.4. The average molecular weight is 349 g/mol. The Hall–Kier alpha value is -2.46. The highest BCUT2D eigenvalue weighted by molar-refractivity contribution is 7.88. The van der Waals surface area contributed by atoms with Crippen molar-refractivity contribution in [1.82, 2.24) is 24.4 Å². The lowest BCUT2D eigenvalue weighted by molar-refractivity contribution is 0.585. The van der Waals surface area contributed by atoms with Gasteiger partial charge in [0.25, 0.3) is 0 Å². The molecule has 0 saturated heterocycles. The minimum absolute atomic E-state index is 0.355. The summed E-state index contributed by atoms with van der Waals surface area (Å²) < 4.78 is 26.4. The van der Waals surface area contributed by atoms with Gasteiger partial charge in [-0.25, -0.2) is 27.8 Å². The van der Waals surface area contributed by atoms with Crippen molar-refractivity contribution >= 4 is 37.9 Å². The number of hydrogen-bond donors (Lipinski definition) is 3. The molecule has 0 aliphatic rings. The predicted octanol–water partition coefficient (Wildman–Crippen LogP) is 0.353. The number of rotatable bonds is 6. The molecule has 24 heavy (non-hydrogen) atoms. The Labute approximate surface area is 139 Å². The molecule has 0 amide bonds. The fourth-order valence-corrected chi connectivity index (χ4v) is 3.03. The first-order valence-corrected chi connectivity index (χ1v) is 9.34. The molecule has 0 aromatic carbocycles. The Morgan fingerprint density at radius 1 is 1.25 bits per heavy atom. The van der Waals surface area contributed by atoms with Crippen molar-refractivity contribution in [3.8, 4) is 0 Å². The van der Waals surface area contributed by atoms with E-state index in [0.717, 1.165) is 17.6 Å². The molecule has 0 aliphatic carbocycles. The van der Waals surface area contributed by atoms with E-state index in [1.165, 1.54) is 0 Å². The number of anilines is 1. The van der Waals surface area contributed by atoms with Gasteiger partial charge in [0.05, 0.1) is 11.8 Å². The fraction of sp³-hybridized carbons (Fsp3) is 0.357. The van der Waals surface area contributed by atoms with Crippen LogP contribution in [0.15, 0.2) is 18.3 Å². The molecule has 3 rings (SSSR count). The zero-order valence-corrected chi connectivity index (χ0v) is 14.3. The topological polar surface area (TPSA) is 128 Å².